The first kappa shape index (κ1) is 16.5. The van der Waals surface area contributed by atoms with Crippen molar-refractivity contribution in [3.63, 3.8) is 0 Å². The molecule has 0 radical (unpaired) electrons. The summed E-state index contributed by atoms with van der Waals surface area (Å²) in [6, 6.07) is 2.93. The number of ether oxygens (including phenoxy) is 1. The van der Waals surface area contributed by atoms with Crippen LogP contribution in [0.1, 0.15) is 12.8 Å². The number of anilines is 1. The summed E-state index contributed by atoms with van der Waals surface area (Å²) < 4.78 is 33.6. The molecular weight excluding hydrogens is 358 g/mol. The van der Waals surface area contributed by atoms with Crippen LogP contribution in [0.5, 0.6) is 5.75 Å². The highest BCUT2D eigenvalue weighted by molar-refractivity contribution is 9.10. The molecule has 6 nitrogen and oxygen atoms in total. The second-order valence-corrected chi connectivity index (χ2v) is 7.76. The van der Waals surface area contributed by atoms with Crippen molar-refractivity contribution in [3.8, 4) is 5.75 Å². The zero-order valence-electron chi connectivity index (χ0n) is 12.1. The monoisotopic (exact) mass is 377 g/mol. The third kappa shape index (κ3) is 3.88. The molecule has 1 fully saturated rings. The van der Waals surface area contributed by atoms with Gasteiger partial charge in [-0.3, -0.25) is 0 Å². The van der Waals surface area contributed by atoms with Gasteiger partial charge in [0.25, 0.3) is 0 Å². The maximum Gasteiger partial charge on any atom is 0.244 e. The van der Waals surface area contributed by atoms with Crippen molar-refractivity contribution in [3.05, 3.63) is 16.6 Å². The third-order valence-corrected chi connectivity index (χ3v) is 5.84. The van der Waals surface area contributed by atoms with E-state index in [2.05, 4.69) is 25.6 Å². The van der Waals surface area contributed by atoms with E-state index in [0.29, 0.717) is 10.2 Å². The fourth-order valence-corrected chi connectivity index (χ4v) is 4.14. The molecule has 0 unspecified atom stereocenters. The number of sulfonamides is 1. The number of nitrogens with zero attached hydrogens (tertiary/aromatic N) is 1. The molecule has 1 aromatic rings. The SMILES string of the molecule is COc1cc(Br)c(N)cc1S(=O)(=O)NC1CCN(C)CC1. The van der Waals surface area contributed by atoms with Crippen LogP contribution in [0.15, 0.2) is 21.5 Å². The average molecular weight is 378 g/mol. The second-order valence-electron chi connectivity index (χ2n) is 5.22. The Kier molecular flexibility index (Phi) is 5.13. The molecule has 1 saturated heterocycles. The Hall–Kier alpha value is -0.830. The Morgan fingerprint density at radius 3 is 2.57 bits per heavy atom. The molecule has 118 valence electrons. The van der Waals surface area contributed by atoms with Crippen molar-refractivity contribution in [1.82, 2.24) is 9.62 Å². The fourth-order valence-electron chi connectivity index (χ4n) is 2.33. The van der Waals surface area contributed by atoms with Crippen molar-refractivity contribution >= 4 is 31.6 Å². The van der Waals surface area contributed by atoms with Crippen molar-refractivity contribution in [2.24, 2.45) is 0 Å². The molecule has 1 aliphatic rings. The Bertz CT molecular complexity index is 613. The van der Waals surface area contributed by atoms with Gasteiger partial charge in [-0.05, 0) is 61.0 Å². The van der Waals surface area contributed by atoms with Crippen LogP contribution in [-0.4, -0.2) is 46.6 Å². The minimum absolute atomic E-state index is 0.0548. The van der Waals surface area contributed by atoms with Gasteiger partial charge in [-0.25, -0.2) is 13.1 Å². The van der Waals surface area contributed by atoms with Gasteiger partial charge in [0.15, 0.2) is 0 Å². The lowest BCUT2D eigenvalue weighted by molar-refractivity contribution is 0.248. The summed E-state index contributed by atoms with van der Waals surface area (Å²) in [6.07, 6.45) is 1.59. The maximum atomic E-state index is 12.5. The molecule has 21 heavy (non-hydrogen) atoms. The number of nitrogen functional groups attached to an aromatic ring is 1. The Balaban J connectivity index is 2.25. The molecular formula is C13H20BrN3O3S. The van der Waals surface area contributed by atoms with Crippen LogP contribution in [0.2, 0.25) is 0 Å². The first-order chi connectivity index (χ1) is 9.83. The summed E-state index contributed by atoms with van der Waals surface area (Å²) in [6.45, 7) is 1.76. The van der Waals surface area contributed by atoms with E-state index in [4.69, 9.17) is 10.5 Å². The maximum absolute atomic E-state index is 12.5. The van der Waals surface area contributed by atoms with Crippen LogP contribution in [0, 0.1) is 0 Å². The highest BCUT2D eigenvalue weighted by atomic mass is 79.9. The molecule has 0 aliphatic carbocycles. The van der Waals surface area contributed by atoms with Crippen molar-refractivity contribution in [1.29, 1.82) is 0 Å². The number of hydrogen-bond donors (Lipinski definition) is 2. The lowest BCUT2D eigenvalue weighted by Gasteiger charge is -2.29. The molecule has 0 saturated carbocycles. The Morgan fingerprint density at radius 2 is 2.00 bits per heavy atom. The molecule has 0 spiro atoms. The van der Waals surface area contributed by atoms with Crippen LogP contribution in [0.4, 0.5) is 5.69 Å². The number of nitrogens with one attached hydrogen (secondary N) is 1. The molecule has 0 bridgehead atoms. The van der Waals surface area contributed by atoms with Crippen LogP contribution < -0.4 is 15.2 Å². The van der Waals surface area contributed by atoms with E-state index in [0.717, 1.165) is 25.9 Å². The van der Waals surface area contributed by atoms with Gasteiger partial charge in [0.2, 0.25) is 10.0 Å². The lowest BCUT2D eigenvalue weighted by Crippen LogP contribution is -2.43. The largest absolute Gasteiger partial charge is 0.495 e. The van der Waals surface area contributed by atoms with Crippen molar-refractivity contribution in [2.45, 2.75) is 23.8 Å². The van der Waals surface area contributed by atoms with E-state index in [9.17, 15) is 8.42 Å². The summed E-state index contributed by atoms with van der Waals surface area (Å²) >= 11 is 3.27. The van der Waals surface area contributed by atoms with Crippen LogP contribution in [-0.2, 0) is 10.0 Å². The number of benzene rings is 1. The quantitative estimate of drug-likeness (QED) is 0.774. The van der Waals surface area contributed by atoms with Gasteiger partial charge in [-0.1, -0.05) is 0 Å². The van der Waals surface area contributed by atoms with Gasteiger partial charge in [0.1, 0.15) is 10.6 Å². The third-order valence-electron chi connectivity index (χ3n) is 3.61. The Labute approximate surface area is 133 Å². The molecule has 0 amide bonds. The molecule has 8 heteroatoms. The van der Waals surface area contributed by atoms with Gasteiger partial charge in [-0.2, -0.15) is 0 Å². The fraction of sp³-hybridized carbons (Fsp3) is 0.538. The zero-order chi connectivity index (χ0) is 15.6. The summed E-state index contributed by atoms with van der Waals surface area (Å²) in [5.74, 6) is 0.275. The predicted octanol–water partition coefficient (Wildman–Crippen LogP) is 1.41. The van der Waals surface area contributed by atoms with E-state index in [-0.39, 0.29) is 16.7 Å². The van der Waals surface area contributed by atoms with Crippen LogP contribution in [0.3, 0.4) is 0 Å². The number of halogens is 1. The number of piperidine rings is 1. The normalized spacial score (nSPS) is 17.9. The van der Waals surface area contributed by atoms with E-state index in [1.165, 1.54) is 13.2 Å². The van der Waals surface area contributed by atoms with E-state index in [1.807, 2.05) is 7.05 Å². The summed E-state index contributed by atoms with van der Waals surface area (Å²) in [7, 11) is -0.186. The minimum atomic E-state index is -3.65. The van der Waals surface area contributed by atoms with Gasteiger partial charge < -0.3 is 15.4 Å². The highest BCUT2D eigenvalue weighted by Crippen LogP contribution is 2.32. The molecule has 0 aromatic heterocycles. The summed E-state index contributed by atoms with van der Waals surface area (Å²) in [4.78, 5) is 2.26. The molecule has 0 atom stereocenters. The molecule has 1 aliphatic heterocycles. The smallest absolute Gasteiger partial charge is 0.244 e. The van der Waals surface area contributed by atoms with Crippen molar-refractivity contribution in [2.75, 3.05) is 33.0 Å². The van der Waals surface area contributed by atoms with E-state index < -0.39 is 10.0 Å². The van der Waals surface area contributed by atoms with Gasteiger partial charge in [-0.15, -0.1) is 0 Å². The molecule has 2 rings (SSSR count). The van der Waals surface area contributed by atoms with Gasteiger partial charge >= 0.3 is 0 Å². The topological polar surface area (TPSA) is 84.7 Å². The molecule has 3 N–H and O–H groups in total. The number of rotatable bonds is 4. The average Bonchev–Trinajstić information content (AvgIpc) is 2.43. The van der Waals surface area contributed by atoms with E-state index >= 15 is 0 Å². The first-order valence-corrected chi connectivity index (χ1v) is 8.95. The van der Waals surface area contributed by atoms with Gasteiger partial charge in [0.05, 0.1) is 7.11 Å². The number of likely N-dealkylation sites (tertiary alicyclic amines) is 1. The molecule has 1 heterocycles. The second kappa shape index (κ2) is 6.51. The van der Waals surface area contributed by atoms with Crippen LogP contribution in [0.25, 0.3) is 0 Å². The summed E-state index contributed by atoms with van der Waals surface area (Å²) in [5, 5.41) is 0. The number of nitrogens with two attached hydrogens (primary N) is 1. The standard InChI is InChI=1S/C13H20BrN3O3S/c1-17-5-3-9(4-6-17)16-21(18,19)13-8-11(15)10(14)7-12(13)20-2/h7-9,16H,3-6,15H2,1-2H3. The highest BCUT2D eigenvalue weighted by Gasteiger charge is 2.26. The number of methoxy groups -OCH3 is 1. The zero-order valence-corrected chi connectivity index (χ0v) is 14.5. The Morgan fingerprint density at radius 1 is 1.38 bits per heavy atom. The van der Waals surface area contributed by atoms with Crippen molar-refractivity contribution < 1.29 is 13.2 Å². The van der Waals surface area contributed by atoms with E-state index in [1.54, 1.807) is 6.07 Å². The molecule has 1 aromatic carbocycles. The number of hydrogen-bond acceptors (Lipinski definition) is 5. The predicted molar refractivity (Wildman–Crippen MR) is 85.9 cm³/mol. The van der Waals surface area contributed by atoms with Gasteiger partial charge in [0, 0.05) is 16.2 Å². The first-order valence-electron chi connectivity index (χ1n) is 6.67. The lowest BCUT2D eigenvalue weighted by atomic mass is 10.1. The minimum Gasteiger partial charge on any atom is -0.495 e. The summed E-state index contributed by atoms with van der Waals surface area (Å²) in [5.41, 5.74) is 6.15. The van der Waals surface area contributed by atoms with Crippen LogP contribution >= 0.6 is 15.9 Å².